The summed E-state index contributed by atoms with van der Waals surface area (Å²) in [5, 5.41) is 3.92. The number of carbonyl (C=O) groups excluding carboxylic acids is 2. The van der Waals surface area contributed by atoms with Crippen molar-refractivity contribution in [3.63, 3.8) is 0 Å². The van der Waals surface area contributed by atoms with Crippen molar-refractivity contribution < 1.29 is 9.59 Å². The maximum absolute atomic E-state index is 14.0. The molecule has 2 aliphatic rings. The SMILES string of the molecule is C[C@]1(C(=O)NC2CCCCCC2)Cn2c(ccc2-c2ccccc2)C(=O)N1Cc1ccccc1Cl. The summed E-state index contributed by atoms with van der Waals surface area (Å²) in [6.45, 7) is 2.55. The highest BCUT2D eigenvalue weighted by atomic mass is 35.5. The van der Waals surface area contributed by atoms with E-state index in [1.54, 1.807) is 4.90 Å². The van der Waals surface area contributed by atoms with Crippen LogP contribution in [0.2, 0.25) is 5.02 Å². The van der Waals surface area contributed by atoms with Gasteiger partial charge < -0.3 is 14.8 Å². The molecule has 6 heteroatoms. The lowest BCUT2D eigenvalue weighted by Crippen LogP contribution is -2.64. The molecule has 5 nitrogen and oxygen atoms in total. The van der Waals surface area contributed by atoms with E-state index in [1.807, 2.05) is 78.2 Å². The molecule has 1 fully saturated rings. The molecule has 2 heterocycles. The number of nitrogens with one attached hydrogen (secondary N) is 1. The zero-order valence-corrected chi connectivity index (χ0v) is 20.9. The fourth-order valence-electron chi connectivity index (χ4n) is 5.44. The van der Waals surface area contributed by atoms with Crippen LogP contribution in [0.1, 0.15) is 61.5 Å². The Morgan fingerprint density at radius 2 is 1.60 bits per heavy atom. The van der Waals surface area contributed by atoms with Crippen LogP contribution in [-0.4, -0.2) is 32.9 Å². The molecule has 0 radical (unpaired) electrons. The van der Waals surface area contributed by atoms with Crippen molar-refractivity contribution in [2.75, 3.05) is 0 Å². The molecule has 0 saturated heterocycles. The number of aromatic nitrogens is 1. The molecule has 0 spiro atoms. The lowest BCUT2D eigenvalue weighted by atomic mass is 9.92. The number of carbonyl (C=O) groups is 2. The summed E-state index contributed by atoms with van der Waals surface area (Å²) < 4.78 is 2.01. The summed E-state index contributed by atoms with van der Waals surface area (Å²) in [4.78, 5) is 29.6. The van der Waals surface area contributed by atoms with Crippen LogP contribution in [-0.2, 0) is 17.9 Å². The number of amides is 2. The van der Waals surface area contributed by atoms with E-state index < -0.39 is 5.54 Å². The average molecular weight is 490 g/mol. The van der Waals surface area contributed by atoms with Gasteiger partial charge in [0.15, 0.2) is 0 Å². The molecule has 182 valence electrons. The summed E-state index contributed by atoms with van der Waals surface area (Å²) in [6.07, 6.45) is 6.67. The minimum absolute atomic E-state index is 0.0943. The minimum Gasteiger partial charge on any atom is -0.351 e. The standard InChI is InChI=1S/C29H32ClN3O2/c1-29(28(35)31-23-14-7-2-3-8-15-23)20-32-25(21-11-5-4-6-12-21)17-18-26(32)27(34)33(29)19-22-13-9-10-16-24(22)30/h4-6,9-13,16-18,23H,2-3,7-8,14-15,19-20H2,1H3,(H,31,35)/t29-/m1/s1. The summed E-state index contributed by atoms with van der Waals surface area (Å²) in [5.74, 6) is -0.250. The molecular weight excluding hydrogens is 458 g/mol. The van der Waals surface area contributed by atoms with Gasteiger partial charge in [0.2, 0.25) is 5.91 Å². The summed E-state index contributed by atoms with van der Waals surface area (Å²) in [7, 11) is 0. The molecule has 1 saturated carbocycles. The summed E-state index contributed by atoms with van der Waals surface area (Å²) in [6, 6.07) is 21.5. The quantitative estimate of drug-likeness (QED) is 0.443. The summed E-state index contributed by atoms with van der Waals surface area (Å²) in [5.41, 5.74) is 2.34. The number of rotatable bonds is 5. The maximum Gasteiger partial charge on any atom is 0.271 e. The van der Waals surface area contributed by atoms with E-state index in [9.17, 15) is 9.59 Å². The Hall–Kier alpha value is -3.05. The van der Waals surface area contributed by atoms with Crippen molar-refractivity contribution in [2.24, 2.45) is 0 Å². The highest BCUT2D eigenvalue weighted by molar-refractivity contribution is 6.31. The number of nitrogens with zero attached hydrogens (tertiary/aromatic N) is 2. The van der Waals surface area contributed by atoms with Gasteiger partial charge in [0.1, 0.15) is 11.2 Å². The Kier molecular flexibility index (Phi) is 6.70. The first-order valence-electron chi connectivity index (χ1n) is 12.6. The Labute approximate surface area is 212 Å². The number of halogens is 1. The number of hydrogen-bond donors (Lipinski definition) is 1. The molecule has 0 unspecified atom stereocenters. The van der Waals surface area contributed by atoms with Gasteiger partial charge in [-0.25, -0.2) is 0 Å². The van der Waals surface area contributed by atoms with Gasteiger partial charge in [-0.05, 0) is 49.1 Å². The third kappa shape index (κ3) is 4.62. The van der Waals surface area contributed by atoms with E-state index in [-0.39, 0.29) is 24.4 Å². The van der Waals surface area contributed by atoms with E-state index in [0.717, 1.165) is 42.5 Å². The Bertz CT molecular complexity index is 1210. The van der Waals surface area contributed by atoms with E-state index in [0.29, 0.717) is 17.3 Å². The first kappa shape index (κ1) is 23.7. The van der Waals surface area contributed by atoms with Gasteiger partial charge in [0.05, 0.1) is 6.54 Å². The molecule has 5 rings (SSSR count). The minimum atomic E-state index is -1.06. The van der Waals surface area contributed by atoms with Gasteiger partial charge in [0, 0.05) is 23.3 Å². The highest BCUT2D eigenvalue weighted by Gasteiger charge is 2.48. The van der Waals surface area contributed by atoms with Gasteiger partial charge in [0.25, 0.3) is 5.91 Å². The van der Waals surface area contributed by atoms with E-state index in [2.05, 4.69) is 5.32 Å². The number of hydrogen-bond acceptors (Lipinski definition) is 2. The second-order valence-electron chi connectivity index (χ2n) is 9.97. The van der Waals surface area contributed by atoms with Crippen LogP contribution in [0.15, 0.2) is 66.7 Å². The fraction of sp³-hybridized carbons (Fsp3) is 0.379. The first-order valence-corrected chi connectivity index (χ1v) is 13.0. The molecule has 1 N–H and O–H groups in total. The van der Waals surface area contributed by atoms with Crippen molar-refractivity contribution in [1.82, 2.24) is 14.8 Å². The van der Waals surface area contributed by atoms with Gasteiger partial charge in [-0.1, -0.05) is 85.8 Å². The second-order valence-corrected chi connectivity index (χ2v) is 10.4. The van der Waals surface area contributed by atoms with Crippen molar-refractivity contribution in [3.05, 3.63) is 83.0 Å². The predicted octanol–water partition coefficient (Wildman–Crippen LogP) is 6.06. The summed E-state index contributed by atoms with van der Waals surface area (Å²) >= 11 is 6.48. The van der Waals surface area contributed by atoms with Gasteiger partial charge in [-0.2, -0.15) is 0 Å². The Balaban J connectivity index is 1.54. The Morgan fingerprint density at radius 1 is 0.943 bits per heavy atom. The molecule has 1 atom stereocenters. The second kappa shape index (κ2) is 9.90. The third-order valence-corrected chi connectivity index (χ3v) is 7.91. The molecule has 2 amide bonds. The fourth-order valence-corrected chi connectivity index (χ4v) is 5.64. The lowest BCUT2D eigenvalue weighted by molar-refractivity contribution is -0.134. The van der Waals surface area contributed by atoms with Crippen LogP contribution in [0.5, 0.6) is 0 Å². The normalized spacial score (nSPS) is 20.9. The number of benzene rings is 2. The largest absolute Gasteiger partial charge is 0.351 e. The molecule has 1 aromatic heterocycles. The van der Waals surface area contributed by atoms with Gasteiger partial charge >= 0.3 is 0 Å². The van der Waals surface area contributed by atoms with E-state index >= 15 is 0 Å². The average Bonchev–Trinajstić information content (AvgIpc) is 3.11. The molecule has 35 heavy (non-hydrogen) atoms. The van der Waals surface area contributed by atoms with E-state index in [1.165, 1.54) is 12.8 Å². The topological polar surface area (TPSA) is 54.3 Å². The number of fused-ring (bicyclic) bond motifs is 1. The maximum atomic E-state index is 14.0. The van der Waals surface area contributed by atoms with Crippen molar-refractivity contribution in [1.29, 1.82) is 0 Å². The Morgan fingerprint density at radius 3 is 2.31 bits per heavy atom. The van der Waals surface area contributed by atoms with Crippen LogP contribution >= 0.6 is 11.6 Å². The zero-order chi connectivity index (χ0) is 24.4. The van der Waals surface area contributed by atoms with Gasteiger partial charge in [-0.3, -0.25) is 9.59 Å². The van der Waals surface area contributed by atoms with Crippen LogP contribution in [0.3, 0.4) is 0 Å². The van der Waals surface area contributed by atoms with Crippen LogP contribution in [0.4, 0.5) is 0 Å². The lowest BCUT2D eigenvalue weighted by Gasteiger charge is -2.45. The highest BCUT2D eigenvalue weighted by Crippen LogP contribution is 2.35. The van der Waals surface area contributed by atoms with Crippen molar-refractivity contribution in [3.8, 4) is 11.3 Å². The monoisotopic (exact) mass is 489 g/mol. The zero-order valence-electron chi connectivity index (χ0n) is 20.2. The molecule has 1 aliphatic carbocycles. The first-order chi connectivity index (χ1) is 17.0. The third-order valence-electron chi connectivity index (χ3n) is 7.54. The van der Waals surface area contributed by atoms with Crippen LogP contribution < -0.4 is 5.32 Å². The van der Waals surface area contributed by atoms with Gasteiger partial charge in [-0.15, -0.1) is 0 Å². The van der Waals surface area contributed by atoms with E-state index in [4.69, 9.17) is 11.6 Å². The molecule has 0 bridgehead atoms. The smallest absolute Gasteiger partial charge is 0.271 e. The molecule has 2 aromatic carbocycles. The van der Waals surface area contributed by atoms with Crippen LogP contribution in [0.25, 0.3) is 11.3 Å². The van der Waals surface area contributed by atoms with Crippen LogP contribution in [0, 0.1) is 0 Å². The molecular formula is C29H32ClN3O2. The van der Waals surface area contributed by atoms with Crippen molar-refractivity contribution in [2.45, 2.75) is 70.1 Å². The predicted molar refractivity (Wildman–Crippen MR) is 139 cm³/mol. The molecule has 3 aromatic rings. The van der Waals surface area contributed by atoms with Crippen molar-refractivity contribution >= 4 is 23.4 Å². The molecule has 1 aliphatic heterocycles.